The maximum atomic E-state index is 12.8. The fraction of sp³-hybridized carbons (Fsp3) is 0.133. The molecule has 2 rings (SSSR count). The smallest absolute Gasteiger partial charge is 0.246 e. The van der Waals surface area contributed by atoms with Gasteiger partial charge >= 0.3 is 0 Å². The third kappa shape index (κ3) is 3.81. The number of benzene rings is 1. The zero-order chi connectivity index (χ0) is 13.7. The molecule has 0 bridgehead atoms. The number of hydrogen-bond donors (Lipinski definition) is 0. The largest absolute Gasteiger partial charge is 0.465 e. The van der Waals surface area contributed by atoms with Gasteiger partial charge < -0.3 is 9.32 Å². The molecule has 0 saturated carbocycles. The van der Waals surface area contributed by atoms with E-state index in [0.29, 0.717) is 12.3 Å². The second-order valence-electron chi connectivity index (χ2n) is 4.17. The second kappa shape index (κ2) is 6.00. The number of carbonyl (C=O) groups is 1. The van der Waals surface area contributed by atoms with Crippen molar-refractivity contribution >= 4 is 12.0 Å². The Morgan fingerprint density at radius 1 is 1.32 bits per heavy atom. The number of hydrogen-bond acceptors (Lipinski definition) is 2. The second-order valence-corrected chi connectivity index (χ2v) is 4.17. The van der Waals surface area contributed by atoms with Gasteiger partial charge in [-0.05, 0) is 35.9 Å². The van der Waals surface area contributed by atoms with Gasteiger partial charge in [0.25, 0.3) is 0 Å². The Hall–Kier alpha value is -2.36. The van der Waals surface area contributed by atoms with Crippen molar-refractivity contribution in [2.45, 2.75) is 6.54 Å². The zero-order valence-electron chi connectivity index (χ0n) is 10.5. The summed E-state index contributed by atoms with van der Waals surface area (Å²) in [5.74, 6) is 0.208. The van der Waals surface area contributed by atoms with Crippen LogP contribution >= 0.6 is 0 Å². The maximum Gasteiger partial charge on any atom is 0.246 e. The fourth-order valence-electron chi connectivity index (χ4n) is 1.61. The van der Waals surface area contributed by atoms with Gasteiger partial charge in [0.1, 0.15) is 11.6 Å². The van der Waals surface area contributed by atoms with Crippen molar-refractivity contribution < 1.29 is 13.6 Å². The van der Waals surface area contributed by atoms with E-state index in [-0.39, 0.29) is 11.7 Å². The fourth-order valence-corrected chi connectivity index (χ4v) is 1.61. The number of amides is 1. The number of rotatable bonds is 4. The monoisotopic (exact) mass is 259 g/mol. The van der Waals surface area contributed by atoms with E-state index in [0.717, 1.165) is 5.56 Å². The zero-order valence-corrected chi connectivity index (χ0v) is 10.5. The van der Waals surface area contributed by atoms with Crippen LogP contribution in [-0.2, 0) is 11.3 Å². The number of likely N-dealkylation sites (N-methyl/N-ethyl adjacent to an activating group) is 1. The summed E-state index contributed by atoms with van der Waals surface area (Å²) in [4.78, 5) is 13.4. The molecule has 0 aliphatic carbocycles. The van der Waals surface area contributed by atoms with E-state index in [2.05, 4.69) is 0 Å². The molecule has 19 heavy (non-hydrogen) atoms. The minimum Gasteiger partial charge on any atom is -0.465 e. The summed E-state index contributed by atoms with van der Waals surface area (Å²) in [6.45, 7) is 0.432. The van der Waals surface area contributed by atoms with E-state index in [1.807, 2.05) is 0 Å². The third-order valence-corrected chi connectivity index (χ3v) is 2.64. The summed E-state index contributed by atoms with van der Waals surface area (Å²) in [6, 6.07) is 9.61. The predicted molar refractivity (Wildman–Crippen MR) is 70.6 cm³/mol. The van der Waals surface area contributed by atoms with Crippen molar-refractivity contribution in [2.24, 2.45) is 0 Å². The number of halogens is 1. The van der Waals surface area contributed by atoms with Crippen LogP contribution in [0.25, 0.3) is 6.08 Å². The summed E-state index contributed by atoms with van der Waals surface area (Å²) in [6.07, 6.45) is 4.61. The van der Waals surface area contributed by atoms with Crippen molar-refractivity contribution in [3.05, 3.63) is 65.9 Å². The lowest BCUT2D eigenvalue weighted by Gasteiger charge is -2.14. The van der Waals surface area contributed by atoms with Gasteiger partial charge in [0.2, 0.25) is 5.91 Å². The summed E-state index contributed by atoms with van der Waals surface area (Å²) < 4.78 is 17.9. The molecule has 1 heterocycles. The average molecular weight is 259 g/mol. The molecule has 1 aromatic carbocycles. The Balaban J connectivity index is 1.94. The summed E-state index contributed by atoms with van der Waals surface area (Å²) in [5, 5.41) is 0. The lowest BCUT2D eigenvalue weighted by Crippen LogP contribution is -2.24. The first-order valence-corrected chi connectivity index (χ1v) is 5.86. The molecular weight excluding hydrogens is 245 g/mol. The SMILES string of the molecule is CN(Cc1ccc(F)cc1)C(=O)C=Cc1ccco1. The molecule has 98 valence electrons. The van der Waals surface area contributed by atoms with Crippen LogP contribution in [0.1, 0.15) is 11.3 Å². The van der Waals surface area contributed by atoms with Crippen LogP contribution in [0.4, 0.5) is 4.39 Å². The van der Waals surface area contributed by atoms with Gasteiger partial charge in [-0.1, -0.05) is 12.1 Å². The van der Waals surface area contributed by atoms with Crippen LogP contribution in [0.3, 0.4) is 0 Å². The first-order valence-electron chi connectivity index (χ1n) is 5.86. The van der Waals surface area contributed by atoms with Gasteiger partial charge in [-0.25, -0.2) is 4.39 Å². The first-order chi connectivity index (χ1) is 9.15. The van der Waals surface area contributed by atoms with E-state index >= 15 is 0 Å². The highest BCUT2D eigenvalue weighted by Crippen LogP contribution is 2.07. The van der Waals surface area contributed by atoms with Crippen LogP contribution in [0.15, 0.2) is 53.2 Å². The molecule has 0 atom stereocenters. The maximum absolute atomic E-state index is 12.8. The van der Waals surface area contributed by atoms with Gasteiger partial charge in [-0.2, -0.15) is 0 Å². The quantitative estimate of drug-likeness (QED) is 0.790. The van der Waals surface area contributed by atoms with Gasteiger partial charge in [0.05, 0.1) is 6.26 Å². The van der Waals surface area contributed by atoms with E-state index in [1.165, 1.54) is 18.2 Å². The highest BCUT2D eigenvalue weighted by molar-refractivity contribution is 5.91. The molecule has 4 heteroatoms. The molecule has 0 aliphatic rings. The van der Waals surface area contributed by atoms with E-state index in [1.54, 1.807) is 48.6 Å². The standard InChI is InChI=1S/C15H14FNO2/c1-17(11-12-4-6-13(16)7-5-12)15(18)9-8-14-3-2-10-19-14/h2-10H,11H2,1H3. The molecule has 0 radical (unpaired) electrons. The van der Waals surface area contributed by atoms with Gasteiger partial charge in [0.15, 0.2) is 0 Å². The van der Waals surface area contributed by atoms with Gasteiger partial charge in [0, 0.05) is 19.7 Å². The first kappa shape index (κ1) is 13.1. The number of carbonyl (C=O) groups excluding carboxylic acids is 1. The van der Waals surface area contributed by atoms with Gasteiger partial charge in [-0.3, -0.25) is 4.79 Å². The van der Waals surface area contributed by atoms with E-state index in [4.69, 9.17) is 4.42 Å². The Morgan fingerprint density at radius 3 is 2.68 bits per heavy atom. The van der Waals surface area contributed by atoms with Crippen LogP contribution in [0, 0.1) is 5.82 Å². The van der Waals surface area contributed by atoms with Crippen LogP contribution < -0.4 is 0 Å². The molecule has 1 amide bonds. The Bertz CT molecular complexity index is 558. The minimum absolute atomic E-state index is 0.138. The minimum atomic E-state index is -0.282. The molecule has 0 spiro atoms. The van der Waals surface area contributed by atoms with Crippen LogP contribution in [0.5, 0.6) is 0 Å². The highest BCUT2D eigenvalue weighted by atomic mass is 19.1. The molecule has 0 saturated heterocycles. The van der Waals surface area contributed by atoms with Crippen molar-refractivity contribution in [1.82, 2.24) is 4.90 Å². The van der Waals surface area contributed by atoms with Crippen molar-refractivity contribution in [2.75, 3.05) is 7.05 Å². The topological polar surface area (TPSA) is 33.5 Å². The summed E-state index contributed by atoms with van der Waals surface area (Å²) >= 11 is 0. The normalized spacial score (nSPS) is 10.8. The molecule has 1 aromatic heterocycles. The number of furan rings is 1. The summed E-state index contributed by atoms with van der Waals surface area (Å²) in [5.41, 5.74) is 0.878. The third-order valence-electron chi connectivity index (χ3n) is 2.64. The molecule has 0 fully saturated rings. The van der Waals surface area contributed by atoms with Crippen LogP contribution in [-0.4, -0.2) is 17.9 Å². The predicted octanol–water partition coefficient (Wildman–Crippen LogP) is 3.09. The molecule has 0 unspecified atom stereocenters. The van der Waals surface area contributed by atoms with Crippen molar-refractivity contribution in [3.63, 3.8) is 0 Å². The Kier molecular flexibility index (Phi) is 4.13. The lowest BCUT2D eigenvalue weighted by atomic mass is 10.2. The molecular formula is C15H14FNO2. The summed E-state index contributed by atoms with van der Waals surface area (Å²) in [7, 11) is 1.69. The van der Waals surface area contributed by atoms with E-state index in [9.17, 15) is 9.18 Å². The Morgan fingerprint density at radius 2 is 2.05 bits per heavy atom. The molecule has 0 aliphatic heterocycles. The van der Waals surface area contributed by atoms with E-state index < -0.39 is 0 Å². The van der Waals surface area contributed by atoms with Gasteiger partial charge in [-0.15, -0.1) is 0 Å². The molecule has 2 aromatic rings. The van der Waals surface area contributed by atoms with Crippen molar-refractivity contribution in [3.8, 4) is 0 Å². The molecule has 0 N–H and O–H groups in total. The Labute approximate surface area is 111 Å². The van der Waals surface area contributed by atoms with Crippen LogP contribution in [0.2, 0.25) is 0 Å². The number of nitrogens with zero attached hydrogens (tertiary/aromatic N) is 1. The molecule has 3 nitrogen and oxygen atoms in total. The highest BCUT2D eigenvalue weighted by Gasteiger charge is 2.06. The lowest BCUT2D eigenvalue weighted by molar-refractivity contribution is -0.125. The van der Waals surface area contributed by atoms with Crippen molar-refractivity contribution in [1.29, 1.82) is 0 Å². The average Bonchev–Trinajstić information content (AvgIpc) is 2.91.